The highest BCUT2D eigenvalue weighted by molar-refractivity contribution is 5.79. The molecule has 1 amide bonds. The van der Waals surface area contributed by atoms with Crippen molar-refractivity contribution in [3.63, 3.8) is 0 Å². The van der Waals surface area contributed by atoms with E-state index in [9.17, 15) is 9.59 Å². The molecule has 0 radical (unpaired) electrons. The number of hydrogen-bond donors (Lipinski definition) is 0. The predicted molar refractivity (Wildman–Crippen MR) is 71.5 cm³/mol. The van der Waals surface area contributed by atoms with E-state index in [1.807, 2.05) is 18.7 Å². The van der Waals surface area contributed by atoms with Crippen molar-refractivity contribution < 1.29 is 14.3 Å². The predicted octanol–water partition coefficient (Wildman–Crippen LogP) is 0.738. The quantitative estimate of drug-likeness (QED) is 0.690. The average molecular weight is 268 g/mol. The van der Waals surface area contributed by atoms with Gasteiger partial charge in [-0.1, -0.05) is 6.92 Å². The van der Waals surface area contributed by atoms with Crippen LogP contribution in [0.5, 0.6) is 0 Å². The van der Waals surface area contributed by atoms with Crippen molar-refractivity contribution in [3.8, 4) is 0 Å². The van der Waals surface area contributed by atoms with Crippen LogP contribution in [0.15, 0.2) is 0 Å². The summed E-state index contributed by atoms with van der Waals surface area (Å²) in [5.41, 5.74) is 0. The highest BCUT2D eigenvalue weighted by Crippen LogP contribution is 2.28. The van der Waals surface area contributed by atoms with Gasteiger partial charge in [-0.2, -0.15) is 0 Å². The Hall–Kier alpha value is -1.10. The van der Waals surface area contributed by atoms with Gasteiger partial charge in [-0.3, -0.25) is 14.5 Å². The van der Waals surface area contributed by atoms with Gasteiger partial charge in [0.2, 0.25) is 5.91 Å². The molecule has 0 bridgehead atoms. The van der Waals surface area contributed by atoms with Crippen LogP contribution in [0.25, 0.3) is 0 Å². The first-order valence-corrected chi connectivity index (χ1v) is 7.16. The number of amides is 1. The van der Waals surface area contributed by atoms with Gasteiger partial charge >= 0.3 is 5.97 Å². The summed E-state index contributed by atoms with van der Waals surface area (Å²) >= 11 is 0. The van der Waals surface area contributed by atoms with Gasteiger partial charge in [0.15, 0.2) is 0 Å². The number of likely N-dealkylation sites (tertiary alicyclic amines) is 1. The standard InChI is InChI=1S/C14H24N2O3/c1-4-16(11-5-6-11)13(17)9-15-7-10(2)12(8-15)14(18)19-3/h10-12H,4-9H2,1-3H3. The molecule has 2 aliphatic rings. The summed E-state index contributed by atoms with van der Waals surface area (Å²) in [5.74, 6) is 0.213. The molecule has 1 saturated heterocycles. The molecule has 0 aromatic carbocycles. The SMILES string of the molecule is CCN(C(=O)CN1CC(C)C(C(=O)OC)C1)C1CC1. The first-order chi connectivity index (χ1) is 9.06. The number of ether oxygens (including phenoxy) is 1. The van der Waals surface area contributed by atoms with Gasteiger partial charge in [-0.05, 0) is 25.7 Å². The molecule has 108 valence electrons. The van der Waals surface area contributed by atoms with Crippen molar-refractivity contribution in [2.24, 2.45) is 11.8 Å². The second-order valence-electron chi connectivity index (χ2n) is 5.71. The second-order valence-corrected chi connectivity index (χ2v) is 5.71. The molecule has 5 heteroatoms. The van der Waals surface area contributed by atoms with E-state index in [0.717, 1.165) is 25.9 Å². The van der Waals surface area contributed by atoms with Gasteiger partial charge in [-0.15, -0.1) is 0 Å². The highest BCUT2D eigenvalue weighted by Gasteiger charge is 2.38. The summed E-state index contributed by atoms with van der Waals surface area (Å²) in [7, 11) is 1.43. The highest BCUT2D eigenvalue weighted by atomic mass is 16.5. The molecule has 0 aromatic heterocycles. The van der Waals surface area contributed by atoms with Crippen LogP contribution in [0.1, 0.15) is 26.7 Å². The molecular weight excluding hydrogens is 244 g/mol. The van der Waals surface area contributed by atoms with Gasteiger partial charge in [0.25, 0.3) is 0 Å². The molecule has 2 fully saturated rings. The smallest absolute Gasteiger partial charge is 0.310 e. The summed E-state index contributed by atoms with van der Waals surface area (Å²) < 4.78 is 4.81. The molecule has 2 unspecified atom stereocenters. The first-order valence-electron chi connectivity index (χ1n) is 7.16. The zero-order valence-electron chi connectivity index (χ0n) is 12.1. The van der Waals surface area contributed by atoms with Crippen molar-refractivity contribution >= 4 is 11.9 Å². The summed E-state index contributed by atoms with van der Waals surface area (Å²) in [6.07, 6.45) is 2.28. The monoisotopic (exact) mass is 268 g/mol. The van der Waals surface area contributed by atoms with Gasteiger partial charge in [0.1, 0.15) is 0 Å². The Morgan fingerprint density at radius 3 is 2.53 bits per heavy atom. The molecule has 1 aliphatic carbocycles. The van der Waals surface area contributed by atoms with Crippen molar-refractivity contribution in [1.29, 1.82) is 0 Å². The van der Waals surface area contributed by atoms with Crippen molar-refractivity contribution in [1.82, 2.24) is 9.80 Å². The van der Waals surface area contributed by atoms with Crippen LogP contribution in [0.3, 0.4) is 0 Å². The molecular formula is C14H24N2O3. The molecule has 1 heterocycles. The topological polar surface area (TPSA) is 49.9 Å². The zero-order chi connectivity index (χ0) is 14.0. The lowest BCUT2D eigenvalue weighted by atomic mass is 9.99. The Labute approximate surface area is 114 Å². The van der Waals surface area contributed by atoms with Gasteiger partial charge < -0.3 is 9.64 Å². The van der Waals surface area contributed by atoms with Crippen LogP contribution < -0.4 is 0 Å². The van der Waals surface area contributed by atoms with Crippen LogP contribution in [-0.4, -0.2) is 61.0 Å². The molecule has 1 aliphatic heterocycles. The lowest BCUT2D eigenvalue weighted by Gasteiger charge is -2.23. The summed E-state index contributed by atoms with van der Waals surface area (Å²) in [6, 6.07) is 0.467. The number of rotatable bonds is 5. The van der Waals surface area contributed by atoms with Crippen LogP contribution in [0.4, 0.5) is 0 Å². The number of likely N-dealkylation sites (N-methyl/N-ethyl adjacent to an activating group) is 1. The lowest BCUT2D eigenvalue weighted by Crippen LogP contribution is -2.41. The molecule has 1 saturated carbocycles. The minimum absolute atomic E-state index is 0.0891. The largest absolute Gasteiger partial charge is 0.469 e. The number of methoxy groups -OCH3 is 1. The maximum absolute atomic E-state index is 12.2. The van der Waals surface area contributed by atoms with Gasteiger partial charge in [0.05, 0.1) is 19.6 Å². The number of carbonyl (C=O) groups excluding carboxylic acids is 2. The molecule has 0 N–H and O–H groups in total. The average Bonchev–Trinajstić information content (AvgIpc) is 3.14. The van der Waals surface area contributed by atoms with Crippen molar-refractivity contribution in [2.45, 2.75) is 32.7 Å². The summed E-state index contributed by atoms with van der Waals surface area (Å²) in [4.78, 5) is 27.9. The Kier molecular flexibility index (Phi) is 4.45. The van der Waals surface area contributed by atoms with Crippen LogP contribution in [0, 0.1) is 11.8 Å². The number of carbonyl (C=O) groups is 2. The van der Waals surface area contributed by atoms with Crippen LogP contribution >= 0.6 is 0 Å². The fourth-order valence-corrected chi connectivity index (χ4v) is 2.96. The molecule has 2 rings (SSSR count). The minimum atomic E-state index is -0.156. The first kappa shape index (κ1) is 14.3. The number of nitrogens with zero attached hydrogens (tertiary/aromatic N) is 2. The minimum Gasteiger partial charge on any atom is -0.469 e. The second kappa shape index (κ2) is 5.90. The third kappa shape index (κ3) is 3.26. The van der Waals surface area contributed by atoms with E-state index in [-0.39, 0.29) is 23.7 Å². The van der Waals surface area contributed by atoms with E-state index in [2.05, 4.69) is 4.90 Å². The maximum Gasteiger partial charge on any atom is 0.310 e. The Bertz CT molecular complexity index is 355. The van der Waals surface area contributed by atoms with Crippen molar-refractivity contribution in [2.75, 3.05) is 33.3 Å². The third-order valence-corrected chi connectivity index (χ3v) is 4.20. The zero-order valence-corrected chi connectivity index (χ0v) is 12.1. The Morgan fingerprint density at radius 2 is 2.00 bits per heavy atom. The third-order valence-electron chi connectivity index (χ3n) is 4.20. The lowest BCUT2D eigenvalue weighted by molar-refractivity contribution is -0.146. The van der Waals surface area contributed by atoms with E-state index in [1.165, 1.54) is 7.11 Å². The van der Waals surface area contributed by atoms with E-state index in [4.69, 9.17) is 4.74 Å². The normalized spacial score (nSPS) is 27.3. The fraction of sp³-hybridized carbons (Fsp3) is 0.857. The van der Waals surface area contributed by atoms with E-state index in [0.29, 0.717) is 19.1 Å². The van der Waals surface area contributed by atoms with E-state index >= 15 is 0 Å². The molecule has 0 spiro atoms. The number of hydrogen-bond acceptors (Lipinski definition) is 4. The van der Waals surface area contributed by atoms with Crippen LogP contribution in [0.2, 0.25) is 0 Å². The summed E-state index contributed by atoms with van der Waals surface area (Å²) in [5, 5.41) is 0. The number of esters is 1. The van der Waals surface area contributed by atoms with Crippen molar-refractivity contribution in [3.05, 3.63) is 0 Å². The fourth-order valence-electron chi connectivity index (χ4n) is 2.96. The molecule has 0 aromatic rings. The molecule has 5 nitrogen and oxygen atoms in total. The van der Waals surface area contributed by atoms with Gasteiger partial charge in [0, 0.05) is 25.7 Å². The van der Waals surface area contributed by atoms with E-state index in [1.54, 1.807) is 0 Å². The maximum atomic E-state index is 12.2. The molecule has 19 heavy (non-hydrogen) atoms. The Balaban J connectivity index is 1.86. The summed E-state index contributed by atoms with van der Waals surface area (Å²) in [6.45, 7) is 6.73. The molecule has 2 atom stereocenters. The van der Waals surface area contributed by atoms with E-state index < -0.39 is 0 Å². The Morgan fingerprint density at radius 1 is 1.32 bits per heavy atom. The van der Waals surface area contributed by atoms with Crippen LogP contribution in [-0.2, 0) is 14.3 Å². The van der Waals surface area contributed by atoms with Gasteiger partial charge in [-0.25, -0.2) is 0 Å².